The van der Waals surface area contributed by atoms with Gasteiger partial charge in [0.1, 0.15) is 17.3 Å². The minimum Gasteiger partial charge on any atom is -0.387 e. The van der Waals surface area contributed by atoms with Crippen molar-refractivity contribution in [2.24, 2.45) is 10.3 Å². The summed E-state index contributed by atoms with van der Waals surface area (Å²) >= 11 is 1.44. The Labute approximate surface area is 195 Å². The number of aromatic nitrogens is 1. The highest BCUT2D eigenvalue weighted by Gasteiger charge is 2.44. The van der Waals surface area contributed by atoms with Crippen molar-refractivity contribution in [1.82, 2.24) is 15.3 Å². The van der Waals surface area contributed by atoms with Gasteiger partial charge in [0.15, 0.2) is 11.8 Å². The number of halogens is 5. The van der Waals surface area contributed by atoms with Gasteiger partial charge in [0.05, 0.1) is 27.7 Å². The van der Waals surface area contributed by atoms with Gasteiger partial charge in [-0.25, -0.2) is 13.8 Å². The Morgan fingerprint density at radius 3 is 2.50 bits per heavy atom. The lowest BCUT2D eigenvalue weighted by atomic mass is 9.96. The van der Waals surface area contributed by atoms with E-state index in [4.69, 9.17) is 4.84 Å². The molecule has 3 aliphatic heterocycles. The van der Waals surface area contributed by atoms with Gasteiger partial charge in [0.2, 0.25) is 0 Å². The normalized spacial score (nSPS) is 21.5. The minimum atomic E-state index is -4.55. The highest BCUT2D eigenvalue weighted by molar-refractivity contribution is 7.10. The number of nitrogens with zero attached hydrogens (tertiary/aromatic N) is 5. The summed E-state index contributed by atoms with van der Waals surface area (Å²) in [5.41, 5.74) is 3.93. The zero-order chi connectivity index (χ0) is 24.0. The molecule has 0 N–H and O–H groups in total. The quantitative estimate of drug-likeness (QED) is 0.545. The lowest BCUT2D eigenvalue weighted by molar-refractivity contribution is -0.0594. The lowest BCUT2D eigenvalue weighted by Gasteiger charge is -2.34. The van der Waals surface area contributed by atoms with Gasteiger partial charge >= 0.3 is 6.18 Å². The standard InChI is InChI=1S/C22H19F5N5OS/c1-11-19(20(30-29-11)22(25,26)27)32-7-5-12(6-8-32)21-28-16(10-34-21)15-9-17(33-31-15)18-13(23)3-2-4-14(18)24/h2-4,10,12,17H,5-9H2,1H3/t17-/m1/s1. The molecule has 2 aromatic rings. The van der Waals surface area contributed by atoms with Gasteiger partial charge in [-0.15, -0.1) is 16.4 Å². The molecule has 0 aliphatic carbocycles. The number of thiazole rings is 1. The van der Waals surface area contributed by atoms with E-state index in [1.165, 1.54) is 36.5 Å². The summed E-state index contributed by atoms with van der Waals surface area (Å²) in [6, 6.07) is 3.64. The maximum absolute atomic E-state index is 14.1. The van der Waals surface area contributed by atoms with Crippen LogP contribution >= 0.6 is 11.3 Å². The van der Waals surface area contributed by atoms with Gasteiger partial charge in [-0.05, 0) is 31.9 Å². The molecule has 1 fully saturated rings. The summed E-state index contributed by atoms with van der Waals surface area (Å²) in [4.78, 5) is 11.6. The minimum absolute atomic E-state index is 0.0506. The number of hydrogen-bond donors (Lipinski definition) is 0. The summed E-state index contributed by atoms with van der Waals surface area (Å²) < 4.78 is 68.0. The van der Waals surface area contributed by atoms with Crippen LogP contribution in [0, 0.1) is 11.6 Å². The molecule has 0 unspecified atom stereocenters. The van der Waals surface area contributed by atoms with Crippen LogP contribution in [0.25, 0.3) is 0 Å². The molecule has 12 heteroatoms. The van der Waals surface area contributed by atoms with Gasteiger partial charge in [-0.1, -0.05) is 11.2 Å². The van der Waals surface area contributed by atoms with Crippen LogP contribution in [0.15, 0.2) is 45.2 Å². The van der Waals surface area contributed by atoms with E-state index in [9.17, 15) is 22.0 Å². The third kappa shape index (κ3) is 4.15. The van der Waals surface area contributed by atoms with Crippen molar-refractivity contribution in [2.75, 3.05) is 13.1 Å². The molecule has 4 heterocycles. The number of rotatable bonds is 4. The van der Waals surface area contributed by atoms with E-state index in [-0.39, 0.29) is 29.3 Å². The second kappa shape index (κ2) is 8.64. The maximum Gasteiger partial charge on any atom is 0.437 e. The predicted molar refractivity (Wildman–Crippen MR) is 115 cm³/mol. The van der Waals surface area contributed by atoms with Crippen LogP contribution in [0.4, 0.5) is 22.0 Å². The molecule has 1 atom stereocenters. The van der Waals surface area contributed by atoms with Gasteiger partial charge in [-0.3, -0.25) is 0 Å². The van der Waals surface area contributed by atoms with Gasteiger partial charge in [0, 0.05) is 30.8 Å². The number of hydrogen-bond acceptors (Lipinski definition) is 6. The molecule has 3 aliphatic rings. The molecule has 34 heavy (non-hydrogen) atoms. The van der Waals surface area contributed by atoms with Crippen molar-refractivity contribution in [3.63, 3.8) is 0 Å². The van der Waals surface area contributed by atoms with Crippen LogP contribution in [0.3, 0.4) is 0 Å². The first-order valence-corrected chi connectivity index (χ1v) is 11.5. The molecule has 5 rings (SSSR count). The van der Waals surface area contributed by atoms with E-state index in [1.54, 1.807) is 4.90 Å². The number of allylic oxidation sites excluding steroid dienone is 2. The molecule has 0 amide bonds. The third-order valence-electron chi connectivity index (χ3n) is 6.10. The lowest BCUT2D eigenvalue weighted by Crippen LogP contribution is -2.39. The van der Waals surface area contributed by atoms with E-state index >= 15 is 0 Å². The highest BCUT2D eigenvalue weighted by Crippen LogP contribution is 2.37. The summed E-state index contributed by atoms with van der Waals surface area (Å²) in [5.74, 6) is -1.29. The van der Waals surface area contributed by atoms with E-state index in [1.807, 2.05) is 5.38 Å². The first-order valence-electron chi connectivity index (χ1n) is 10.7. The molecule has 1 saturated heterocycles. The Hall–Kier alpha value is -3.02. The summed E-state index contributed by atoms with van der Waals surface area (Å²) in [5, 5.41) is 9.99. The molecule has 0 spiro atoms. The Balaban J connectivity index is 1.23. The van der Waals surface area contributed by atoms with E-state index in [2.05, 4.69) is 20.7 Å². The third-order valence-corrected chi connectivity index (χ3v) is 7.11. The maximum atomic E-state index is 14.1. The molecular weight excluding hydrogens is 477 g/mol. The van der Waals surface area contributed by atoms with Crippen LogP contribution in [-0.2, 0) is 4.84 Å². The SMILES string of the molecule is CC1=C(N2CCC(c3nc(C4=NO[C@@H](c5c(F)cccc5F)C4)cs3)CC2)C(C(F)(F)F)=N[N]1. The van der Waals surface area contributed by atoms with Crippen molar-refractivity contribution in [1.29, 1.82) is 0 Å². The Bertz CT molecular complexity index is 1180. The van der Waals surface area contributed by atoms with E-state index in [0.717, 1.165) is 5.01 Å². The van der Waals surface area contributed by atoms with Crippen molar-refractivity contribution < 1.29 is 26.8 Å². The molecule has 0 saturated carbocycles. The van der Waals surface area contributed by atoms with E-state index in [0.29, 0.717) is 37.3 Å². The number of oxime groups is 1. The Kier molecular flexibility index (Phi) is 5.78. The van der Waals surface area contributed by atoms with Crippen LogP contribution in [-0.4, -0.2) is 40.6 Å². The average molecular weight is 496 g/mol. The van der Waals surface area contributed by atoms with Crippen LogP contribution in [0.2, 0.25) is 0 Å². The largest absolute Gasteiger partial charge is 0.437 e. The predicted octanol–water partition coefficient (Wildman–Crippen LogP) is 5.23. The average Bonchev–Trinajstić information content (AvgIpc) is 3.53. The Morgan fingerprint density at radius 1 is 1.12 bits per heavy atom. The smallest absolute Gasteiger partial charge is 0.387 e. The van der Waals surface area contributed by atoms with Crippen molar-refractivity contribution in [3.05, 3.63) is 62.9 Å². The highest BCUT2D eigenvalue weighted by atomic mass is 32.1. The summed E-state index contributed by atoms with van der Waals surface area (Å²) in [6.45, 7) is 2.38. The molecule has 6 nitrogen and oxygen atoms in total. The van der Waals surface area contributed by atoms with Crippen molar-refractivity contribution in [2.45, 2.75) is 44.4 Å². The molecule has 1 aromatic carbocycles. The number of piperidine rings is 1. The summed E-state index contributed by atoms with van der Waals surface area (Å²) in [7, 11) is 0. The molecule has 179 valence electrons. The van der Waals surface area contributed by atoms with Crippen molar-refractivity contribution in [3.8, 4) is 0 Å². The van der Waals surface area contributed by atoms with Crippen LogP contribution in [0.5, 0.6) is 0 Å². The number of likely N-dealkylation sites (tertiary alicyclic amines) is 1. The fraction of sp³-hybridized carbons (Fsp3) is 0.409. The summed E-state index contributed by atoms with van der Waals surface area (Å²) in [6.07, 6.45) is -3.97. The first kappa shape index (κ1) is 22.8. The van der Waals surface area contributed by atoms with Gasteiger partial charge in [0.25, 0.3) is 0 Å². The fourth-order valence-corrected chi connectivity index (χ4v) is 5.42. The van der Waals surface area contributed by atoms with E-state index < -0.39 is 29.6 Å². The number of alkyl halides is 3. The molecular formula is C22H19F5N5OS. The topological polar surface area (TPSA) is 64.2 Å². The van der Waals surface area contributed by atoms with Crippen LogP contribution in [0.1, 0.15) is 54.5 Å². The zero-order valence-electron chi connectivity index (χ0n) is 17.9. The first-order chi connectivity index (χ1) is 16.2. The Morgan fingerprint density at radius 2 is 1.82 bits per heavy atom. The number of benzene rings is 1. The molecule has 1 aromatic heterocycles. The van der Waals surface area contributed by atoms with Gasteiger partial charge in [-0.2, -0.15) is 18.6 Å². The van der Waals surface area contributed by atoms with Crippen molar-refractivity contribution >= 4 is 22.8 Å². The monoisotopic (exact) mass is 496 g/mol. The second-order valence-electron chi connectivity index (χ2n) is 8.28. The fourth-order valence-electron chi connectivity index (χ4n) is 4.42. The zero-order valence-corrected chi connectivity index (χ0v) is 18.8. The van der Waals surface area contributed by atoms with Gasteiger partial charge < -0.3 is 9.74 Å². The van der Waals surface area contributed by atoms with Crippen LogP contribution < -0.4 is 5.43 Å². The molecule has 0 bridgehead atoms. The molecule has 1 radical (unpaired) electrons. The second-order valence-corrected chi connectivity index (χ2v) is 9.17.